The van der Waals surface area contributed by atoms with Crippen molar-refractivity contribution < 1.29 is 4.79 Å². The van der Waals surface area contributed by atoms with Crippen molar-refractivity contribution in [1.82, 2.24) is 4.57 Å². The summed E-state index contributed by atoms with van der Waals surface area (Å²) in [6, 6.07) is 9.69. The zero-order chi connectivity index (χ0) is 20.1. The Kier molecular flexibility index (Phi) is 6.57. The summed E-state index contributed by atoms with van der Waals surface area (Å²) in [5.41, 5.74) is 11.3. The number of benzene rings is 1. The summed E-state index contributed by atoms with van der Waals surface area (Å²) < 4.78 is 2.37. The molecule has 3 rings (SSSR count). The number of hydrogen-bond donors (Lipinski definition) is 1. The van der Waals surface area contributed by atoms with E-state index in [1.165, 1.54) is 37.8 Å². The molecule has 1 fully saturated rings. The quantitative estimate of drug-likeness (QED) is 0.706. The smallest absolute Gasteiger partial charge is 0.251 e. The SMILES string of the molecule is CCCCc1c(-c2ccc(C#N)cc2)c(C(N)=O)c(C)n1CC1CCCCC1. The van der Waals surface area contributed by atoms with Gasteiger partial charge in [0.15, 0.2) is 0 Å². The van der Waals surface area contributed by atoms with Crippen molar-refractivity contribution >= 4 is 5.91 Å². The van der Waals surface area contributed by atoms with Crippen LogP contribution in [0, 0.1) is 24.2 Å². The number of hydrogen-bond acceptors (Lipinski definition) is 2. The summed E-state index contributed by atoms with van der Waals surface area (Å²) in [5, 5.41) is 9.11. The third kappa shape index (κ3) is 4.14. The van der Waals surface area contributed by atoms with Gasteiger partial charge in [-0.3, -0.25) is 4.79 Å². The number of nitrogens with zero attached hydrogens (tertiary/aromatic N) is 2. The Morgan fingerprint density at radius 1 is 1.21 bits per heavy atom. The zero-order valence-electron chi connectivity index (χ0n) is 17.1. The van der Waals surface area contributed by atoms with Gasteiger partial charge in [-0.1, -0.05) is 44.7 Å². The average molecular weight is 378 g/mol. The molecular weight excluding hydrogens is 346 g/mol. The van der Waals surface area contributed by atoms with Crippen LogP contribution >= 0.6 is 0 Å². The molecule has 1 amide bonds. The molecule has 148 valence electrons. The van der Waals surface area contributed by atoms with Crippen LogP contribution in [0.2, 0.25) is 0 Å². The molecule has 0 unspecified atom stereocenters. The van der Waals surface area contributed by atoms with Crippen molar-refractivity contribution in [2.45, 2.75) is 71.8 Å². The van der Waals surface area contributed by atoms with Gasteiger partial charge in [0, 0.05) is 23.5 Å². The second-order valence-corrected chi connectivity index (χ2v) is 8.05. The van der Waals surface area contributed by atoms with Gasteiger partial charge in [-0.05, 0) is 56.2 Å². The van der Waals surface area contributed by atoms with E-state index in [0.717, 1.165) is 42.6 Å². The number of nitriles is 1. The van der Waals surface area contributed by atoms with E-state index in [2.05, 4.69) is 17.6 Å². The molecule has 1 heterocycles. The van der Waals surface area contributed by atoms with E-state index in [0.29, 0.717) is 17.0 Å². The van der Waals surface area contributed by atoms with Crippen LogP contribution in [0.5, 0.6) is 0 Å². The maximum Gasteiger partial charge on any atom is 0.251 e. The van der Waals surface area contributed by atoms with Crippen LogP contribution in [0.15, 0.2) is 24.3 Å². The third-order valence-corrected chi connectivity index (χ3v) is 6.11. The maximum atomic E-state index is 12.4. The van der Waals surface area contributed by atoms with Crippen LogP contribution in [-0.2, 0) is 13.0 Å². The fourth-order valence-electron chi connectivity index (χ4n) is 4.60. The minimum atomic E-state index is -0.364. The fourth-order valence-corrected chi connectivity index (χ4v) is 4.60. The number of carbonyl (C=O) groups is 1. The van der Waals surface area contributed by atoms with E-state index in [9.17, 15) is 4.79 Å². The molecule has 1 aliphatic carbocycles. The lowest BCUT2D eigenvalue weighted by Gasteiger charge is -2.24. The Morgan fingerprint density at radius 2 is 1.89 bits per heavy atom. The largest absolute Gasteiger partial charge is 0.366 e. The molecule has 28 heavy (non-hydrogen) atoms. The maximum absolute atomic E-state index is 12.4. The number of unbranched alkanes of at least 4 members (excludes halogenated alkanes) is 1. The van der Waals surface area contributed by atoms with Crippen LogP contribution in [0.1, 0.15) is 79.2 Å². The predicted molar refractivity (Wildman–Crippen MR) is 113 cm³/mol. The van der Waals surface area contributed by atoms with E-state index >= 15 is 0 Å². The van der Waals surface area contributed by atoms with Gasteiger partial charge in [0.2, 0.25) is 0 Å². The summed E-state index contributed by atoms with van der Waals surface area (Å²) in [6.07, 6.45) is 9.61. The van der Waals surface area contributed by atoms with Gasteiger partial charge >= 0.3 is 0 Å². The van der Waals surface area contributed by atoms with E-state index < -0.39 is 0 Å². The fraction of sp³-hybridized carbons (Fsp3) is 0.500. The predicted octanol–water partition coefficient (Wildman–Crippen LogP) is 5.36. The lowest BCUT2D eigenvalue weighted by molar-refractivity contribution is 0.1000. The normalized spacial score (nSPS) is 14.8. The van der Waals surface area contributed by atoms with Crippen molar-refractivity contribution in [3.63, 3.8) is 0 Å². The van der Waals surface area contributed by atoms with Gasteiger partial charge in [0.1, 0.15) is 0 Å². The van der Waals surface area contributed by atoms with E-state index in [1.54, 1.807) is 0 Å². The average Bonchev–Trinajstić information content (AvgIpc) is 2.99. The van der Waals surface area contributed by atoms with E-state index in [1.807, 2.05) is 31.2 Å². The number of rotatable bonds is 7. The highest BCUT2D eigenvalue weighted by Gasteiger charge is 2.26. The molecule has 1 aromatic carbocycles. The van der Waals surface area contributed by atoms with Gasteiger partial charge < -0.3 is 10.3 Å². The van der Waals surface area contributed by atoms with Crippen LogP contribution in [0.4, 0.5) is 0 Å². The lowest BCUT2D eigenvalue weighted by Crippen LogP contribution is -2.18. The molecule has 1 aliphatic rings. The molecule has 4 nitrogen and oxygen atoms in total. The van der Waals surface area contributed by atoms with Crippen LogP contribution < -0.4 is 5.73 Å². The molecule has 0 radical (unpaired) electrons. The topological polar surface area (TPSA) is 71.8 Å². The monoisotopic (exact) mass is 377 g/mol. The summed E-state index contributed by atoms with van der Waals surface area (Å²) in [6.45, 7) is 5.20. The second-order valence-electron chi connectivity index (χ2n) is 8.05. The third-order valence-electron chi connectivity index (χ3n) is 6.11. The first kappa shape index (κ1) is 20.2. The molecular formula is C24H31N3O. The molecule has 2 N–H and O–H groups in total. The minimum Gasteiger partial charge on any atom is -0.366 e. The molecule has 0 saturated heterocycles. The summed E-state index contributed by atoms with van der Waals surface area (Å²) >= 11 is 0. The molecule has 1 saturated carbocycles. The highest BCUT2D eigenvalue weighted by atomic mass is 16.1. The summed E-state index contributed by atoms with van der Waals surface area (Å²) in [4.78, 5) is 12.4. The number of primary amides is 1. The Morgan fingerprint density at radius 3 is 2.46 bits per heavy atom. The lowest BCUT2D eigenvalue weighted by atomic mass is 9.89. The molecule has 0 atom stereocenters. The number of carbonyl (C=O) groups excluding carboxylic acids is 1. The van der Waals surface area contributed by atoms with E-state index in [-0.39, 0.29) is 5.91 Å². The van der Waals surface area contributed by atoms with Gasteiger partial charge in [-0.15, -0.1) is 0 Å². The Bertz CT molecular complexity index is 865. The highest BCUT2D eigenvalue weighted by molar-refractivity contribution is 6.02. The van der Waals surface area contributed by atoms with Gasteiger partial charge in [0.25, 0.3) is 5.91 Å². The number of aromatic nitrogens is 1. The van der Waals surface area contributed by atoms with Gasteiger partial charge in [-0.25, -0.2) is 0 Å². The van der Waals surface area contributed by atoms with Crippen molar-refractivity contribution in [2.75, 3.05) is 0 Å². The molecule has 0 bridgehead atoms. The number of nitrogens with two attached hydrogens (primary N) is 1. The van der Waals surface area contributed by atoms with Gasteiger partial charge in [0.05, 0.1) is 17.2 Å². The van der Waals surface area contributed by atoms with Crippen LogP contribution in [-0.4, -0.2) is 10.5 Å². The molecule has 2 aromatic rings. The molecule has 0 aliphatic heterocycles. The van der Waals surface area contributed by atoms with Gasteiger partial charge in [-0.2, -0.15) is 5.26 Å². The molecule has 4 heteroatoms. The Hall–Kier alpha value is -2.54. The Labute approximate surface area is 168 Å². The van der Waals surface area contributed by atoms with Crippen molar-refractivity contribution in [1.29, 1.82) is 5.26 Å². The minimum absolute atomic E-state index is 0.364. The first-order chi connectivity index (χ1) is 13.6. The van der Waals surface area contributed by atoms with E-state index in [4.69, 9.17) is 11.0 Å². The molecule has 0 spiro atoms. The van der Waals surface area contributed by atoms with Crippen LogP contribution in [0.3, 0.4) is 0 Å². The highest BCUT2D eigenvalue weighted by Crippen LogP contribution is 2.36. The summed E-state index contributed by atoms with van der Waals surface area (Å²) in [5.74, 6) is 0.312. The number of amides is 1. The van der Waals surface area contributed by atoms with Crippen molar-refractivity contribution in [2.24, 2.45) is 11.7 Å². The summed E-state index contributed by atoms with van der Waals surface area (Å²) in [7, 11) is 0. The standard InChI is InChI=1S/C24H31N3O/c1-3-4-10-21-23(20-13-11-18(15-25)12-14-20)22(24(26)28)17(2)27(21)16-19-8-6-5-7-9-19/h11-14,19H,3-10,16H2,1-2H3,(H2,26,28). The van der Waals surface area contributed by atoms with Crippen molar-refractivity contribution in [3.05, 3.63) is 46.8 Å². The first-order valence-electron chi connectivity index (χ1n) is 10.6. The molecule has 1 aromatic heterocycles. The second kappa shape index (κ2) is 9.10. The Balaban J connectivity index is 2.12. The first-order valence-corrected chi connectivity index (χ1v) is 10.6. The van der Waals surface area contributed by atoms with Crippen LogP contribution in [0.25, 0.3) is 11.1 Å². The van der Waals surface area contributed by atoms with Crippen molar-refractivity contribution in [3.8, 4) is 17.2 Å². The zero-order valence-corrected chi connectivity index (χ0v) is 17.1.